The topological polar surface area (TPSA) is 47.6 Å². The molecule has 1 amide bonds. The minimum atomic E-state index is -0.505. The van der Waals surface area contributed by atoms with Crippen molar-refractivity contribution >= 4 is 6.09 Å². The van der Waals surface area contributed by atoms with Crippen LogP contribution in [0.4, 0.5) is 4.79 Å². The molecule has 0 bridgehead atoms. The van der Waals surface area contributed by atoms with Crippen molar-refractivity contribution in [2.75, 3.05) is 7.11 Å². The molecule has 4 nitrogen and oxygen atoms in total. The number of ether oxygens (including phenoxy) is 2. The molecule has 27 heavy (non-hydrogen) atoms. The van der Waals surface area contributed by atoms with E-state index in [0.29, 0.717) is 6.61 Å². The maximum Gasteiger partial charge on any atom is 0.407 e. The van der Waals surface area contributed by atoms with Crippen molar-refractivity contribution in [2.45, 2.75) is 44.9 Å². The van der Waals surface area contributed by atoms with Crippen LogP contribution >= 0.6 is 0 Å². The highest BCUT2D eigenvalue weighted by atomic mass is 16.5. The number of hydrogen-bond donors (Lipinski definition) is 1. The smallest absolute Gasteiger partial charge is 0.407 e. The van der Waals surface area contributed by atoms with E-state index in [1.165, 1.54) is 12.7 Å². The number of rotatable bonds is 7. The Hall–Kier alpha value is -2.59. The monoisotopic (exact) mass is 367 g/mol. The largest absolute Gasteiger partial charge is 0.453 e. The lowest BCUT2D eigenvalue weighted by Crippen LogP contribution is -2.36. The summed E-state index contributed by atoms with van der Waals surface area (Å²) >= 11 is 0. The Kier molecular flexibility index (Phi) is 7.19. The van der Waals surface area contributed by atoms with Gasteiger partial charge < -0.3 is 14.8 Å². The van der Waals surface area contributed by atoms with Crippen LogP contribution in [0.1, 0.15) is 43.5 Å². The first kappa shape index (κ1) is 20.7. The Morgan fingerprint density at radius 3 is 2.26 bits per heavy atom. The van der Waals surface area contributed by atoms with Crippen molar-refractivity contribution in [1.82, 2.24) is 5.32 Å². The lowest BCUT2D eigenvalue weighted by molar-refractivity contribution is 0.0446. The lowest BCUT2D eigenvalue weighted by Gasteiger charge is -2.27. The molecule has 0 spiro atoms. The molecule has 144 valence electrons. The molecule has 0 fully saturated rings. The molecule has 0 saturated heterocycles. The third-order valence-corrected chi connectivity index (χ3v) is 4.44. The summed E-state index contributed by atoms with van der Waals surface area (Å²) < 4.78 is 10.8. The highest BCUT2D eigenvalue weighted by molar-refractivity contribution is 5.67. The Labute approximate surface area is 162 Å². The first-order chi connectivity index (χ1) is 12.8. The molecule has 0 heterocycles. The number of hydrogen-bond acceptors (Lipinski definition) is 3. The van der Waals surface area contributed by atoms with Gasteiger partial charge in [-0.1, -0.05) is 81.4 Å². The molecule has 2 aromatic rings. The average Bonchev–Trinajstić information content (AvgIpc) is 2.67. The minimum absolute atomic E-state index is 0.0610. The number of carbonyl (C=O) groups is 1. The van der Waals surface area contributed by atoms with Gasteiger partial charge in [0.2, 0.25) is 0 Å². The summed E-state index contributed by atoms with van der Waals surface area (Å²) in [5.41, 5.74) is 3.28. The van der Waals surface area contributed by atoms with Crippen LogP contribution in [0.5, 0.6) is 0 Å². The van der Waals surface area contributed by atoms with E-state index in [-0.39, 0.29) is 5.41 Å². The van der Waals surface area contributed by atoms with E-state index in [2.05, 4.69) is 44.8 Å². The number of carbonyl (C=O) groups excluding carboxylic acids is 1. The number of alkyl carbamates (subject to hydrolysis) is 1. The van der Waals surface area contributed by atoms with E-state index in [0.717, 1.165) is 11.1 Å². The predicted octanol–water partition coefficient (Wildman–Crippen LogP) is 5.15. The zero-order valence-electron chi connectivity index (χ0n) is 16.6. The normalized spacial score (nSPS) is 13.5. The van der Waals surface area contributed by atoms with Crippen LogP contribution in [-0.2, 0) is 21.5 Å². The molecule has 1 N–H and O–H groups in total. The van der Waals surface area contributed by atoms with Crippen LogP contribution in [0.15, 0.2) is 67.3 Å². The third kappa shape index (κ3) is 5.97. The van der Waals surface area contributed by atoms with Gasteiger partial charge in [0, 0.05) is 0 Å². The van der Waals surface area contributed by atoms with E-state index in [1.54, 1.807) is 6.08 Å². The maximum absolute atomic E-state index is 11.9. The lowest BCUT2D eigenvalue weighted by atomic mass is 9.86. The summed E-state index contributed by atoms with van der Waals surface area (Å²) in [6.07, 6.45) is 0.807. The molecular formula is C23H29NO3. The van der Waals surface area contributed by atoms with Crippen molar-refractivity contribution in [2.24, 2.45) is 0 Å². The quantitative estimate of drug-likeness (QED) is 0.688. The second kappa shape index (κ2) is 9.38. The second-order valence-electron chi connectivity index (χ2n) is 7.48. The molecular weight excluding hydrogens is 338 g/mol. The summed E-state index contributed by atoms with van der Waals surface area (Å²) in [6.45, 7) is 10.8. The van der Waals surface area contributed by atoms with Crippen molar-refractivity contribution in [3.05, 3.63) is 83.9 Å². The fourth-order valence-corrected chi connectivity index (χ4v) is 2.80. The fourth-order valence-electron chi connectivity index (χ4n) is 2.80. The first-order valence-electron chi connectivity index (χ1n) is 9.08. The number of amides is 1. The maximum atomic E-state index is 11.9. The average molecular weight is 367 g/mol. The van der Waals surface area contributed by atoms with Gasteiger partial charge in [-0.3, -0.25) is 0 Å². The molecule has 0 unspecified atom stereocenters. The summed E-state index contributed by atoms with van der Waals surface area (Å²) in [6, 6.07) is 17.7. The summed E-state index contributed by atoms with van der Waals surface area (Å²) in [5.74, 6) is 0. The molecule has 0 saturated carbocycles. The van der Waals surface area contributed by atoms with Crippen LogP contribution in [0, 0.1) is 0 Å². The van der Waals surface area contributed by atoms with E-state index in [9.17, 15) is 4.79 Å². The van der Waals surface area contributed by atoms with Crippen molar-refractivity contribution < 1.29 is 14.3 Å². The molecule has 2 atom stereocenters. The molecule has 0 aliphatic rings. The Bertz CT molecular complexity index is 732. The Morgan fingerprint density at radius 1 is 1.11 bits per heavy atom. The van der Waals surface area contributed by atoms with Crippen molar-refractivity contribution in [3.63, 3.8) is 0 Å². The number of benzene rings is 2. The Morgan fingerprint density at radius 2 is 1.74 bits per heavy atom. The van der Waals surface area contributed by atoms with E-state index in [1.807, 2.05) is 42.5 Å². The summed E-state index contributed by atoms with van der Waals surface area (Å²) in [7, 11) is 1.35. The highest BCUT2D eigenvalue weighted by Crippen LogP contribution is 2.26. The number of methoxy groups -OCH3 is 1. The SMILES string of the molecule is C=C[C@@H](OCc1ccccc1)[C@H](NC(=O)OC)c1ccc(C(C)(C)C)cc1. The van der Waals surface area contributed by atoms with Gasteiger partial charge >= 0.3 is 6.09 Å². The minimum Gasteiger partial charge on any atom is -0.453 e. The van der Waals surface area contributed by atoms with Gasteiger partial charge in [0.25, 0.3) is 0 Å². The molecule has 0 aromatic heterocycles. The van der Waals surface area contributed by atoms with Gasteiger partial charge in [0.1, 0.15) is 6.10 Å². The first-order valence-corrected chi connectivity index (χ1v) is 9.08. The zero-order chi connectivity index (χ0) is 19.9. The fraction of sp³-hybridized carbons (Fsp3) is 0.348. The van der Waals surface area contributed by atoms with Crippen LogP contribution in [0.3, 0.4) is 0 Å². The molecule has 2 rings (SSSR count). The van der Waals surface area contributed by atoms with Gasteiger partial charge in [-0.2, -0.15) is 0 Å². The van der Waals surface area contributed by atoms with Crippen LogP contribution in [-0.4, -0.2) is 19.3 Å². The summed E-state index contributed by atoms with van der Waals surface area (Å²) in [5, 5.41) is 2.87. The number of nitrogens with one attached hydrogen (secondary N) is 1. The van der Waals surface area contributed by atoms with Crippen molar-refractivity contribution in [3.8, 4) is 0 Å². The van der Waals surface area contributed by atoms with Gasteiger partial charge in [0.05, 0.1) is 19.8 Å². The Balaban J connectivity index is 2.23. The van der Waals surface area contributed by atoms with E-state index in [4.69, 9.17) is 9.47 Å². The van der Waals surface area contributed by atoms with E-state index < -0.39 is 18.2 Å². The van der Waals surface area contributed by atoms with Crippen molar-refractivity contribution in [1.29, 1.82) is 0 Å². The highest BCUT2D eigenvalue weighted by Gasteiger charge is 2.25. The zero-order valence-corrected chi connectivity index (χ0v) is 16.6. The molecule has 4 heteroatoms. The van der Waals surface area contributed by atoms with Crippen LogP contribution < -0.4 is 5.32 Å². The van der Waals surface area contributed by atoms with Gasteiger partial charge in [-0.15, -0.1) is 6.58 Å². The standard InChI is InChI=1S/C23H29NO3/c1-6-20(27-16-17-10-8-7-9-11-17)21(24-22(25)26-5)18-12-14-19(15-13-18)23(2,3)4/h6-15,20-21H,1,16H2,2-5H3,(H,24,25)/t20-,21-/m1/s1. The second-order valence-corrected chi connectivity index (χ2v) is 7.48. The summed E-state index contributed by atoms with van der Waals surface area (Å²) in [4.78, 5) is 11.9. The predicted molar refractivity (Wildman–Crippen MR) is 109 cm³/mol. The van der Waals surface area contributed by atoms with Gasteiger partial charge in [0.15, 0.2) is 0 Å². The molecule has 2 aromatic carbocycles. The molecule has 0 aliphatic heterocycles. The van der Waals surface area contributed by atoms with Crippen LogP contribution in [0.2, 0.25) is 0 Å². The van der Waals surface area contributed by atoms with Gasteiger partial charge in [-0.05, 0) is 22.1 Å². The van der Waals surface area contributed by atoms with Crippen LogP contribution in [0.25, 0.3) is 0 Å². The molecule has 0 aliphatic carbocycles. The van der Waals surface area contributed by atoms with Gasteiger partial charge in [-0.25, -0.2) is 4.79 Å². The third-order valence-electron chi connectivity index (χ3n) is 4.44. The van der Waals surface area contributed by atoms with E-state index >= 15 is 0 Å². The molecule has 0 radical (unpaired) electrons.